The third kappa shape index (κ3) is 34.5. The van der Waals surface area contributed by atoms with Gasteiger partial charge < -0.3 is 74.9 Å². The van der Waals surface area contributed by atoms with E-state index in [4.69, 9.17) is 79.5 Å². The van der Waals surface area contributed by atoms with Crippen molar-refractivity contribution in [3.05, 3.63) is 0 Å². The van der Waals surface area contributed by atoms with Crippen LogP contribution in [0, 0.1) is 0 Å². The second-order valence-electron chi connectivity index (χ2n) is 12.3. The third-order valence-corrected chi connectivity index (χ3v) is 13.5. The zero-order valence-corrected chi connectivity index (χ0v) is 38.5. The lowest BCUT2D eigenvalue weighted by Gasteiger charge is -2.27. The van der Waals surface area contributed by atoms with Gasteiger partial charge in [-0.15, -0.1) is 4.52 Å². The SMILES string of the molecule is CCCCOCCOCOCCOP1(OCCOCOCCOCCCC)=NP=NP(OCCOCOCCOCCCC)(OCCOCOCCOCCCC)=N1. The van der Waals surface area contributed by atoms with Crippen LogP contribution in [0.3, 0.4) is 0 Å². The van der Waals surface area contributed by atoms with Gasteiger partial charge in [-0.25, -0.2) is 0 Å². The molecular weight excluding hydrogens is 823 g/mol. The first-order chi connectivity index (χ1) is 28.7. The van der Waals surface area contributed by atoms with Crippen LogP contribution in [0.1, 0.15) is 79.1 Å². The minimum atomic E-state index is -3.33. The Morgan fingerprint density at radius 1 is 0.310 bits per heavy atom. The highest BCUT2D eigenvalue weighted by Gasteiger charge is 2.34. The van der Waals surface area contributed by atoms with Crippen LogP contribution in [0.5, 0.6) is 0 Å². The Hall–Kier alpha value is -0.0800. The Morgan fingerprint density at radius 2 is 0.569 bits per heavy atom. The first kappa shape index (κ1) is 55.9. The van der Waals surface area contributed by atoms with Gasteiger partial charge in [0.2, 0.25) is 0 Å². The molecule has 0 spiro atoms. The van der Waals surface area contributed by atoms with Gasteiger partial charge in [0, 0.05) is 26.4 Å². The molecule has 58 heavy (non-hydrogen) atoms. The van der Waals surface area contributed by atoms with E-state index < -0.39 is 15.3 Å². The van der Waals surface area contributed by atoms with Gasteiger partial charge >= 0.3 is 15.3 Å². The molecule has 0 unspecified atom stereocenters. The minimum absolute atomic E-state index is 0.0838. The summed E-state index contributed by atoms with van der Waals surface area (Å²) in [5.74, 6) is 0. The summed E-state index contributed by atoms with van der Waals surface area (Å²) in [6.07, 6.45) is 8.43. The largest absolute Gasteiger partial charge is 0.379 e. The Labute approximate surface area is 350 Å². The number of nitrogens with zero attached hydrogens (tertiary/aromatic N) is 3. The van der Waals surface area contributed by atoms with E-state index in [1.165, 1.54) is 0 Å². The van der Waals surface area contributed by atoms with Crippen molar-refractivity contribution in [2.24, 2.45) is 13.5 Å². The summed E-state index contributed by atoms with van der Waals surface area (Å²) >= 11 is 0. The molecule has 0 aromatic carbocycles. The van der Waals surface area contributed by atoms with Gasteiger partial charge in [0.1, 0.15) is 27.2 Å². The summed E-state index contributed by atoms with van der Waals surface area (Å²) in [5.41, 5.74) is 0. The Balaban J connectivity index is 2.82. The fraction of sp³-hybridized carbons (Fsp3) is 1.00. The Kier molecular flexibility index (Phi) is 42.0. The molecule has 1 rings (SSSR count). The van der Waals surface area contributed by atoms with Crippen LogP contribution < -0.4 is 0 Å². The summed E-state index contributed by atoms with van der Waals surface area (Å²) in [6.45, 7) is 16.7. The van der Waals surface area contributed by atoms with Crippen molar-refractivity contribution in [3.63, 3.8) is 0 Å². The van der Waals surface area contributed by atoms with Crippen LogP contribution in [-0.2, 0) is 74.9 Å². The van der Waals surface area contributed by atoms with Crippen molar-refractivity contribution in [1.29, 1.82) is 0 Å². The van der Waals surface area contributed by atoms with E-state index in [0.29, 0.717) is 52.9 Å². The van der Waals surface area contributed by atoms with E-state index in [2.05, 4.69) is 36.7 Å². The van der Waals surface area contributed by atoms with Gasteiger partial charge in [0.15, 0.2) is 8.52 Å². The number of unbranched alkanes of at least 4 members (excludes halogenated alkanes) is 4. The number of rotatable bonds is 48. The molecule has 0 fully saturated rings. The molecule has 0 atom stereocenters. The van der Waals surface area contributed by atoms with Crippen LogP contribution in [-0.4, -0.2) is 159 Å². The van der Waals surface area contributed by atoms with Crippen molar-refractivity contribution in [2.75, 3.05) is 159 Å². The average molecular weight is 900 g/mol. The molecular formula is C36H76N3O16P3. The summed E-state index contributed by atoms with van der Waals surface area (Å²) in [7, 11) is -6.37. The first-order valence-corrected chi connectivity index (χ1v) is 24.7. The van der Waals surface area contributed by atoms with Gasteiger partial charge in [0.05, 0.1) is 106 Å². The van der Waals surface area contributed by atoms with E-state index in [1.54, 1.807) is 0 Å². The molecule has 0 saturated carbocycles. The molecule has 0 bridgehead atoms. The second-order valence-corrected chi connectivity index (χ2v) is 17.6. The second kappa shape index (κ2) is 43.6. The van der Waals surface area contributed by atoms with Crippen LogP contribution in [0.2, 0.25) is 0 Å². The van der Waals surface area contributed by atoms with E-state index >= 15 is 0 Å². The van der Waals surface area contributed by atoms with Gasteiger partial charge in [-0.1, -0.05) is 53.4 Å². The van der Waals surface area contributed by atoms with E-state index in [1.807, 2.05) is 0 Å². The van der Waals surface area contributed by atoms with Crippen molar-refractivity contribution in [3.8, 4) is 0 Å². The molecule has 1 aliphatic heterocycles. The lowest BCUT2D eigenvalue weighted by molar-refractivity contribution is -0.0777. The van der Waals surface area contributed by atoms with Gasteiger partial charge in [-0.3, -0.25) is 0 Å². The maximum absolute atomic E-state index is 6.23. The molecule has 0 radical (unpaired) electrons. The Morgan fingerprint density at radius 3 is 0.862 bits per heavy atom. The van der Waals surface area contributed by atoms with Crippen LogP contribution in [0.25, 0.3) is 0 Å². The smallest absolute Gasteiger partial charge is 0.350 e. The molecule has 0 N–H and O–H groups in total. The molecule has 346 valence electrons. The molecule has 0 saturated heterocycles. The summed E-state index contributed by atoms with van der Waals surface area (Å²) < 4.78 is 105. The number of hydrogen-bond donors (Lipinski definition) is 0. The van der Waals surface area contributed by atoms with Crippen molar-refractivity contribution in [2.45, 2.75) is 79.1 Å². The monoisotopic (exact) mass is 899 g/mol. The zero-order valence-electron chi connectivity index (χ0n) is 35.8. The zero-order chi connectivity index (χ0) is 41.8. The summed E-state index contributed by atoms with van der Waals surface area (Å²) in [4.78, 5) is 0. The lowest BCUT2D eigenvalue weighted by Crippen LogP contribution is -2.13. The highest BCUT2D eigenvalue weighted by molar-refractivity contribution is 7.72. The molecule has 19 nitrogen and oxygen atoms in total. The number of hydrogen-bond acceptors (Lipinski definition) is 19. The third-order valence-electron chi connectivity index (χ3n) is 7.20. The normalized spacial score (nSPS) is 14.8. The van der Waals surface area contributed by atoms with Gasteiger partial charge in [-0.05, 0) is 25.7 Å². The topological polar surface area (TPSA) is 185 Å². The number of ether oxygens (including phenoxy) is 12. The fourth-order valence-electron chi connectivity index (χ4n) is 4.01. The minimum Gasteiger partial charge on any atom is -0.379 e. The quantitative estimate of drug-likeness (QED) is 0.0323. The maximum Gasteiger partial charge on any atom is 0.350 e. The first-order valence-electron chi connectivity index (χ1n) is 20.8. The highest BCUT2D eigenvalue weighted by atomic mass is 31.3. The van der Waals surface area contributed by atoms with E-state index in [9.17, 15) is 0 Å². The summed E-state index contributed by atoms with van der Waals surface area (Å²) in [5, 5.41) is 0. The maximum atomic E-state index is 6.23. The van der Waals surface area contributed by atoms with E-state index in [-0.39, 0.29) is 88.6 Å². The highest BCUT2D eigenvalue weighted by Crippen LogP contribution is 2.71. The average Bonchev–Trinajstić information content (AvgIpc) is 3.23. The molecule has 1 aliphatic rings. The molecule has 0 aromatic rings. The molecule has 22 heteroatoms. The molecule has 1 heterocycles. The Bertz CT molecular complexity index is 910. The van der Waals surface area contributed by atoms with Gasteiger partial charge in [-0.2, -0.15) is 9.03 Å². The van der Waals surface area contributed by atoms with Gasteiger partial charge in [0.25, 0.3) is 0 Å². The van der Waals surface area contributed by atoms with Crippen molar-refractivity contribution < 1.29 is 74.9 Å². The van der Waals surface area contributed by atoms with Crippen LogP contribution in [0.4, 0.5) is 0 Å². The van der Waals surface area contributed by atoms with Crippen molar-refractivity contribution >= 4 is 23.8 Å². The van der Waals surface area contributed by atoms with E-state index in [0.717, 1.165) is 77.8 Å². The summed E-state index contributed by atoms with van der Waals surface area (Å²) in [6, 6.07) is 0. The van der Waals surface area contributed by atoms with Crippen LogP contribution >= 0.6 is 23.8 Å². The van der Waals surface area contributed by atoms with Crippen molar-refractivity contribution in [1.82, 2.24) is 0 Å². The predicted molar refractivity (Wildman–Crippen MR) is 222 cm³/mol. The molecule has 0 aliphatic carbocycles. The van der Waals surface area contributed by atoms with Crippen LogP contribution in [0.15, 0.2) is 13.5 Å². The molecule has 0 amide bonds. The molecule has 0 aromatic heterocycles. The fourth-order valence-corrected chi connectivity index (χ4v) is 10.4. The predicted octanol–water partition coefficient (Wildman–Crippen LogP) is 8.23. The standard InChI is InChI=1S/C36H76N3O16P3/c1-5-9-13-40-17-21-44-33-48-25-29-52-57(53-30-26-49-34-45-22-18-41-14-10-6-2)37-56-38-58(39-57,54-31-27-50-35-46-23-19-42-15-11-7-3)55-32-28-51-36-47-24-20-43-16-12-8-4/h5-36H2,1-4H3. The lowest BCUT2D eigenvalue weighted by atomic mass is 10.4.